The number of primary sulfonamides is 1. The van der Waals surface area contributed by atoms with Crippen LogP contribution in [-0.2, 0) is 10.0 Å². The zero-order valence-electron chi connectivity index (χ0n) is 6.38. The van der Waals surface area contributed by atoms with Crippen LogP contribution in [0.15, 0.2) is 0 Å². The monoisotopic (exact) mass is 153 g/mol. The molecule has 0 aliphatic rings. The lowest BCUT2D eigenvalue weighted by molar-refractivity contribution is 0.589. The Kier molecular flexibility index (Phi) is 6.17. The van der Waals surface area contributed by atoms with Crippen molar-refractivity contribution < 1.29 is 8.42 Å². The number of sulfonamides is 1. The van der Waals surface area contributed by atoms with Gasteiger partial charge in [0.1, 0.15) is 0 Å². The summed E-state index contributed by atoms with van der Waals surface area (Å²) in [7, 11) is -3.24. The molecule has 58 valence electrons. The first-order valence-corrected chi connectivity index (χ1v) is 4.57. The van der Waals surface area contributed by atoms with Crippen molar-refractivity contribution in [1.29, 1.82) is 0 Å². The number of rotatable bonds is 1. The summed E-state index contributed by atoms with van der Waals surface area (Å²) >= 11 is 0. The van der Waals surface area contributed by atoms with Gasteiger partial charge >= 0.3 is 0 Å². The molecule has 0 fully saturated rings. The van der Waals surface area contributed by atoms with Crippen LogP contribution in [-0.4, -0.2) is 13.7 Å². The van der Waals surface area contributed by atoms with E-state index in [0.29, 0.717) is 0 Å². The molecule has 0 atom stereocenters. The van der Waals surface area contributed by atoms with Crippen LogP contribution in [0.25, 0.3) is 0 Å². The van der Waals surface area contributed by atoms with Crippen molar-refractivity contribution in [2.24, 2.45) is 5.14 Å². The van der Waals surface area contributed by atoms with Crippen LogP contribution in [0, 0.1) is 0 Å². The molecule has 0 saturated heterocycles. The lowest BCUT2D eigenvalue weighted by atomic mass is 10.6. The first-order valence-electron chi connectivity index (χ1n) is 2.96. The molecule has 0 bridgehead atoms. The van der Waals surface area contributed by atoms with Crippen molar-refractivity contribution in [2.75, 3.05) is 0 Å². The van der Waals surface area contributed by atoms with Gasteiger partial charge in [-0.1, -0.05) is 13.8 Å². The highest BCUT2D eigenvalue weighted by atomic mass is 32.2. The maximum atomic E-state index is 10.1. The average Bonchev–Trinajstić information content (AvgIpc) is 1.69. The largest absolute Gasteiger partial charge is 0.229 e. The molecule has 0 aliphatic carbocycles. The fourth-order valence-electron chi connectivity index (χ4n) is 0. The van der Waals surface area contributed by atoms with Gasteiger partial charge in [0.15, 0.2) is 0 Å². The molecule has 9 heavy (non-hydrogen) atoms. The molecule has 0 saturated carbocycles. The molecule has 4 heteroatoms. The van der Waals surface area contributed by atoms with Crippen molar-refractivity contribution in [2.45, 2.75) is 32.9 Å². The topological polar surface area (TPSA) is 60.2 Å². The van der Waals surface area contributed by atoms with E-state index in [2.05, 4.69) is 5.14 Å². The van der Waals surface area contributed by atoms with Crippen molar-refractivity contribution in [3.05, 3.63) is 0 Å². The van der Waals surface area contributed by atoms with Gasteiger partial charge in [-0.05, 0) is 13.8 Å². The fraction of sp³-hybridized carbons (Fsp3) is 1.00. The Morgan fingerprint density at radius 2 is 1.33 bits per heavy atom. The first kappa shape index (κ1) is 11.7. The molecule has 0 spiro atoms. The number of nitrogens with two attached hydrogens (primary N) is 1. The minimum absolute atomic E-state index is 0.451. The van der Waals surface area contributed by atoms with Crippen LogP contribution < -0.4 is 5.14 Å². The maximum Gasteiger partial charge on any atom is 0.211 e. The zero-order chi connectivity index (χ0) is 8.08. The molecule has 0 rings (SSSR count). The Labute approximate surface area is 57.3 Å². The molecule has 2 N–H and O–H groups in total. The van der Waals surface area contributed by atoms with E-state index in [1.54, 1.807) is 0 Å². The van der Waals surface area contributed by atoms with E-state index >= 15 is 0 Å². The van der Waals surface area contributed by atoms with Gasteiger partial charge in [0.05, 0.1) is 5.25 Å². The summed E-state index contributed by atoms with van der Waals surface area (Å²) < 4.78 is 20.2. The standard InChI is InChI=1S/C3H9NO2S.C2H6/c1-3(2)7(4,5)6;1-2/h3H,1-2H3,(H2,4,5,6);1-2H3. The van der Waals surface area contributed by atoms with Crippen LogP contribution >= 0.6 is 0 Å². The molecule has 0 aromatic carbocycles. The Hall–Kier alpha value is -0.0900. The third kappa shape index (κ3) is 7.91. The highest BCUT2D eigenvalue weighted by molar-refractivity contribution is 7.89. The lowest BCUT2D eigenvalue weighted by Gasteiger charge is -1.96. The second-order valence-electron chi connectivity index (χ2n) is 1.64. The summed E-state index contributed by atoms with van der Waals surface area (Å²) in [5, 5.41) is 4.20. The summed E-state index contributed by atoms with van der Waals surface area (Å²) in [6.45, 7) is 7.07. The highest BCUT2D eigenvalue weighted by Crippen LogP contribution is 1.88. The van der Waals surface area contributed by atoms with Gasteiger partial charge in [0.25, 0.3) is 0 Å². The Morgan fingerprint density at radius 1 is 1.22 bits per heavy atom. The van der Waals surface area contributed by atoms with Gasteiger partial charge in [-0.15, -0.1) is 0 Å². The Balaban J connectivity index is 0. The zero-order valence-corrected chi connectivity index (χ0v) is 7.20. The number of hydrogen-bond donors (Lipinski definition) is 1. The van der Waals surface area contributed by atoms with E-state index < -0.39 is 15.3 Å². The van der Waals surface area contributed by atoms with E-state index in [-0.39, 0.29) is 0 Å². The molecule has 0 aromatic heterocycles. The van der Waals surface area contributed by atoms with Crippen LogP contribution in [0.4, 0.5) is 0 Å². The summed E-state index contributed by atoms with van der Waals surface area (Å²) in [4.78, 5) is 0. The van der Waals surface area contributed by atoms with Crippen molar-refractivity contribution in [3.63, 3.8) is 0 Å². The second-order valence-corrected chi connectivity index (χ2v) is 3.76. The smallest absolute Gasteiger partial charge is 0.211 e. The molecule has 0 unspecified atom stereocenters. The maximum absolute atomic E-state index is 10.1. The van der Waals surface area contributed by atoms with Gasteiger partial charge in [-0.25, -0.2) is 13.6 Å². The van der Waals surface area contributed by atoms with E-state index in [9.17, 15) is 8.42 Å². The molecule has 0 radical (unpaired) electrons. The molecular weight excluding hydrogens is 138 g/mol. The molecule has 0 heterocycles. The summed E-state index contributed by atoms with van der Waals surface area (Å²) in [6.07, 6.45) is 0. The van der Waals surface area contributed by atoms with Gasteiger partial charge in [0, 0.05) is 0 Å². The number of hydrogen-bond acceptors (Lipinski definition) is 2. The third-order valence-electron chi connectivity index (χ3n) is 0.657. The second kappa shape index (κ2) is 4.76. The minimum Gasteiger partial charge on any atom is -0.229 e. The van der Waals surface area contributed by atoms with E-state index in [4.69, 9.17) is 0 Å². The fourth-order valence-corrected chi connectivity index (χ4v) is 0. The predicted octanol–water partition coefficient (Wildman–Crippen LogP) is 0.710. The summed E-state index contributed by atoms with van der Waals surface area (Å²) in [5.41, 5.74) is 0. The van der Waals surface area contributed by atoms with E-state index in [0.717, 1.165) is 0 Å². The summed E-state index contributed by atoms with van der Waals surface area (Å²) in [5.74, 6) is 0. The van der Waals surface area contributed by atoms with Crippen LogP contribution in [0.5, 0.6) is 0 Å². The normalized spacial score (nSPS) is 10.4. The average molecular weight is 153 g/mol. The van der Waals surface area contributed by atoms with E-state index in [1.807, 2.05) is 13.8 Å². The Bertz CT molecular complexity index is 137. The van der Waals surface area contributed by atoms with Crippen molar-refractivity contribution in [1.82, 2.24) is 0 Å². The van der Waals surface area contributed by atoms with Gasteiger partial charge < -0.3 is 0 Å². The van der Waals surface area contributed by atoms with Crippen LogP contribution in [0.1, 0.15) is 27.7 Å². The summed E-state index contributed by atoms with van der Waals surface area (Å²) in [6, 6.07) is 0. The molecule has 3 nitrogen and oxygen atoms in total. The molecule has 0 aromatic rings. The van der Waals surface area contributed by atoms with E-state index in [1.165, 1.54) is 13.8 Å². The van der Waals surface area contributed by atoms with Crippen molar-refractivity contribution in [3.8, 4) is 0 Å². The quantitative estimate of drug-likeness (QED) is 0.603. The molecule has 0 amide bonds. The molecule has 0 aliphatic heterocycles. The highest BCUT2D eigenvalue weighted by Gasteiger charge is 2.06. The van der Waals surface area contributed by atoms with Gasteiger partial charge in [-0.2, -0.15) is 0 Å². The van der Waals surface area contributed by atoms with Crippen LogP contribution in [0.2, 0.25) is 0 Å². The predicted molar refractivity (Wildman–Crippen MR) is 39.6 cm³/mol. The van der Waals surface area contributed by atoms with Crippen molar-refractivity contribution >= 4 is 10.0 Å². The first-order chi connectivity index (χ1) is 3.94. The molecular formula is C5H15NO2S. The van der Waals surface area contributed by atoms with Gasteiger partial charge in [-0.3, -0.25) is 0 Å². The third-order valence-corrected chi connectivity index (χ3v) is 1.97. The Morgan fingerprint density at radius 3 is 1.33 bits per heavy atom. The lowest BCUT2D eigenvalue weighted by Crippen LogP contribution is -2.22. The van der Waals surface area contributed by atoms with Gasteiger partial charge in [0.2, 0.25) is 10.0 Å². The SMILES string of the molecule is CC.CC(C)S(N)(=O)=O. The van der Waals surface area contributed by atoms with Crippen LogP contribution in [0.3, 0.4) is 0 Å². The minimum atomic E-state index is -3.24.